The quantitative estimate of drug-likeness (QED) is 0.404. The van der Waals surface area contributed by atoms with Crippen LogP contribution in [0.2, 0.25) is 0 Å². The number of nitrogens with zero attached hydrogens (tertiary/aromatic N) is 6. The van der Waals surface area contributed by atoms with Crippen molar-refractivity contribution in [3.8, 4) is 22.9 Å². The van der Waals surface area contributed by atoms with E-state index < -0.39 is 0 Å². The monoisotopic (exact) mass is 466 g/mol. The summed E-state index contributed by atoms with van der Waals surface area (Å²) in [6.45, 7) is 4.59. The minimum Gasteiger partial charge on any atom is -0.439 e. The van der Waals surface area contributed by atoms with Crippen LogP contribution in [0, 0.1) is 13.8 Å². The Kier molecular flexibility index (Phi) is 6.43. The fourth-order valence-corrected chi connectivity index (χ4v) is 4.25. The van der Waals surface area contributed by atoms with Crippen molar-refractivity contribution in [2.45, 2.75) is 39.2 Å². The topological polar surface area (TPSA) is 94.0 Å². The number of aromatic nitrogens is 5. The molecule has 1 aromatic carbocycles. The molecule has 8 heteroatoms. The van der Waals surface area contributed by atoms with E-state index in [9.17, 15) is 4.79 Å². The van der Waals surface area contributed by atoms with Crippen molar-refractivity contribution in [1.29, 1.82) is 0 Å². The van der Waals surface area contributed by atoms with Gasteiger partial charge in [-0.1, -0.05) is 17.7 Å². The molecule has 176 valence electrons. The number of carbonyl (C=O) groups is 1. The maximum absolute atomic E-state index is 13.6. The Hall–Kier alpha value is -4.20. The lowest BCUT2D eigenvalue weighted by Gasteiger charge is -2.35. The van der Waals surface area contributed by atoms with E-state index in [4.69, 9.17) is 14.7 Å². The molecule has 0 saturated carbocycles. The van der Waals surface area contributed by atoms with Gasteiger partial charge in [0.2, 0.25) is 5.88 Å². The highest BCUT2D eigenvalue weighted by Gasteiger charge is 2.31. The molecule has 1 saturated heterocycles. The van der Waals surface area contributed by atoms with E-state index in [2.05, 4.69) is 15.0 Å². The molecule has 1 aliphatic rings. The lowest BCUT2D eigenvalue weighted by atomic mass is 9.99. The maximum Gasteiger partial charge on any atom is 0.254 e. The largest absolute Gasteiger partial charge is 0.439 e. The molecular formula is C27H26N6O2. The summed E-state index contributed by atoms with van der Waals surface area (Å²) >= 11 is 0. The number of rotatable bonds is 5. The lowest BCUT2D eigenvalue weighted by molar-refractivity contribution is 0.0598. The number of aryl methyl sites for hydroxylation is 2. The highest BCUT2D eigenvalue weighted by molar-refractivity contribution is 5.95. The molecule has 1 atom stereocenters. The van der Waals surface area contributed by atoms with Crippen LogP contribution >= 0.6 is 0 Å². The Morgan fingerprint density at radius 1 is 1.00 bits per heavy atom. The third-order valence-electron chi connectivity index (χ3n) is 6.02. The first-order valence-corrected chi connectivity index (χ1v) is 11.7. The second kappa shape index (κ2) is 9.97. The number of pyridine rings is 1. The highest BCUT2D eigenvalue weighted by Crippen LogP contribution is 2.32. The summed E-state index contributed by atoms with van der Waals surface area (Å²) in [5.74, 6) is 1.72. The normalized spacial score (nSPS) is 15.6. The SMILES string of the molecule is Cc1ccc(Oc2cc(C)nc([C@H]3CCCCN3C(=O)c3ccnc(-c4cncnc4)c3)n2)cc1. The van der Waals surface area contributed by atoms with Crippen LogP contribution in [0.1, 0.15) is 52.7 Å². The Balaban J connectivity index is 1.42. The van der Waals surface area contributed by atoms with Crippen LogP contribution < -0.4 is 4.74 Å². The summed E-state index contributed by atoms with van der Waals surface area (Å²) in [5, 5.41) is 0. The van der Waals surface area contributed by atoms with Gasteiger partial charge in [-0.25, -0.2) is 15.0 Å². The van der Waals surface area contributed by atoms with Gasteiger partial charge in [-0.15, -0.1) is 0 Å². The molecule has 35 heavy (non-hydrogen) atoms. The number of hydrogen-bond donors (Lipinski definition) is 0. The number of amides is 1. The number of piperidine rings is 1. The number of hydrogen-bond acceptors (Lipinski definition) is 7. The Labute approximate surface area is 204 Å². The second-order valence-electron chi connectivity index (χ2n) is 8.69. The fraction of sp³-hybridized carbons (Fsp3) is 0.259. The molecule has 4 aromatic rings. The first kappa shape index (κ1) is 22.6. The van der Waals surface area contributed by atoms with Crippen LogP contribution in [0.4, 0.5) is 0 Å². The predicted octanol–water partition coefficient (Wildman–Crippen LogP) is 5.11. The summed E-state index contributed by atoms with van der Waals surface area (Å²) in [6, 6.07) is 12.9. The van der Waals surface area contributed by atoms with Gasteiger partial charge < -0.3 is 9.64 Å². The third kappa shape index (κ3) is 5.16. The second-order valence-corrected chi connectivity index (χ2v) is 8.69. The molecule has 0 spiro atoms. The predicted molar refractivity (Wildman–Crippen MR) is 131 cm³/mol. The molecule has 1 aliphatic heterocycles. The van der Waals surface area contributed by atoms with E-state index in [-0.39, 0.29) is 11.9 Å². The van der Waals surface area contributed by atoms with E-state index in [0.29, 0.717) is 35.3 Å². The molecule has 1 amide bonds. The first-order chi connectivity index (χ1) is 17.1. The first-order valence-electron chi connectivity index (χ1n) is 11.7. The van der Waals surface area contributed by atoms with Gasteiger partial charge in [0.05, 0.1) is 11.7 Å². The minimum absolute atomic E-state index is 0.0682. The van der Waals surface area contributed by atoms with Crippen molar-refractivity contribution in [1.82, 2.24) is 29.8 Å². The molecule has 0 N–H and O–H groups in total. The van der Waals surface area contributed by atoms with Crippen molar-refractivity contribution >= 4 is 5.91 Å². The van der Waals surface area contributed by atoms with Gasteiger partial charge in [-0.2, -0.15) is 4.98 Å². The van der Waals surface area contributed by atoms with Crippen molar-refractivity contribution < 1.29 is 9.53 Å². The van der Waals surface area contributed by atoms with Crippen LogP contribution in [-0.4, -0.2) is 42.3 Å². The van der Waals surface area contributed by atoms with Crippen LogP contribution in [0.15, 0.2) is 67.4 Å². The summed E-state index contributed by atoms with van der Waals surface area (Å²) in [4.78, 5) is 37.4. The van der Waals surface area contributed by atoms with Crippen molar-refractivity contribution in [3.05, 3.63) is 90.0 Å². The Bertz CT molecular complexity index is 1330. The zero-order valence-electron chi connectivity index (χ0n) is 19.8. The average molecular weight is 467 g/mol. The van der Waals surface area contributed by atoms with E-state index in [0.717, 1.165) is 36.1 Å². The van der Waals surface area contributed by atoms with E-state index in [1.165, 1.54) is 6.33 Å². The Morgan fingerprint density at radius 2 is 1.80 bits per heavy atom. The van der Waals surface area contributed by atoms with Crippen LogP contribution in [0.25, 0.3) is 11.3 Å². The highest BCUT2D eigenvalue weighted by atomic mass is 16.5. The summed E-state index contributed by atoms with van der Waals surface area (Å²) in [5.41, 5.74) is 3.94. The van der Waals surface area contributed by atoms with Gasteiger partial charge in [0, 0.05) is 48.0 Å². The minimum atomic E-state index is -0.229. The van der Waals surface area contributed by atoms with Gasteiger partial charge in [-0.05, 0) is 57.4 Å². The zero-order valence-corrected chi connectivity index (χ0v) is 19.8. The van der Waals surface area contributed by atoms with Crippen LogP contribution in [-0.2, 0) is 0 Å². The fourth-order valence-electron chi connectivity index (χ4n) is 4.25. The standard InChI is InChI=1S/C27H26N6O2/c1-18-6-8-22(9-7-18)35-25-13-19(2)31-26(32-25)24-5-3-4-12-33(24)27(34)20-10-11-30-23(14-20)21-15-28-17-29-16-21/h6-11,13-17,24H,3-5,12H2,1-2H3/t24-/m1/s1. The van der Waals surface area contributed by atoms with E-state index in [1.54, 1.807) is 30.7 Å². The molecule has 1 fully saturated rings. The van der Waals surface area contributed by atoms with E-state index in [1.807, 2.05) is 49.1 Å². The van der Waals surface area contributed by atoms with E-state index >= 15 is 0 Å². The molecule has 0 aliphatic carbocycles. The number of carbonyl (C=O) groups excluding carboxylic acids is 1. The molecular weight excluding hydrogens is 440 g/mol. The summed E-state index contributed by atoms with van der Waals surface area (Å²) in [6.07, 6.45) is 9.21. The smallest absolute Gasteiger partial charge is 0.254 e. The third-order valence-corrected chi connectivity index (χ3v) is 6.02. The van der Waals surface area contributed by atoms with Gasteiger partial charge in [0.1, 0.15) is 12.1 Å². The van der Waals surface area contributed by atoms with Gasteiger partial charge in [-0.3, -0.25) is 9.78 Å². The van der Waals surface area contributed by atoms with Gasteiger partial charge in [0.15, 0.2) is 5.82 Å². The number of ether oxygens (including phenoxy) is 1. The molecule has 3 aromatic heterocycles. The van der Waals surface area contributed by atoms with Crippen LogP contribution in [0.3, 0.4) is 0 Å². The molecule has 0 unspecified atom stereocenters. The zero-order chi connectivity index (χ0) is 24.2. The molecule has 0 bridgehead atoms. The molecule has 4 heterocycles. The van der Waals surface area contributed by atoms with Crippen LogP contribution in [0.5, 0.6) is 11.6 Å². The van der Waals surface area contributed by atoms with Crippen molar-refractivity contribution in [2.24, 2.45) is 0 Å². The average Bonchev–Trinajstić information content (AvgIpc) is 2.90. The number of benzene rings is 1. The van der Waals surface area contributed by atoms with Gasteiger partial charge in [0.25, 0.3) is 5.91 Å². The summed E-state index contributed by atoms with van der Waals surface area (Å²) < 4.78 is 6.02. The maximum atomic E-state index is 13.6. The van der Waals surface area contributed by atoms with Crippen molar-refractivity contribution in [3.63, 3.8) is 0 Å². The van der Waals surface area contributed by atoms with Gasteiger partial charge >= 0.3 is 0 Å². The van der Waals surface area contributed by atoms with Crippen molar-refractivity contribution in [2.75, 3.05) is 6.54 Å². The summed E-state index contributed by atoms with van der Waals surface area (Å²) in [7, 11) is 0. The molecule has 5 rings (SSSR count). The molecule has 8 nitrogen and oxygen atoms in total. The molecule has 0 radical (unpaired) electrons. The Morgan fingerprint density at radius 3 is 2.60 bits per heavy atom. The lowest BCUT2D eigenvalue weighted by Crippen LogP contribution is -2.39. The number of likely N-dealkylation sites (tertiary alicyclic amines) is 1.